The number of nitrogens with zero attached hydrogens (tertiary/aromatic N) is 2. The van der Waals surface area contributed by atoms with Crippen LogP contribution in [0.25, 0.3) is 0 Å². The summed E-state index contributed by atoms with van der Waals surface area (Å²) in [7, 11) is 0. The van der Waals surface area contributed by atoms with E-state index in [0.29, 0.717) is 18.3 Å². The summed E-state index contributed by atoms with van der Waals surface area (Å²) < 4.78 is 0. The summed E-state index contributed by atoms with van der Waals surface area (Å²) in [4.78, 5) is 6.60. The molecule has 1 heterocycles. The Kier molecular flexibility index (Phi) is 3.84. The zero-order valence-corrected chi connectivity index (χ0v) is 10.4. The van der Waals surface area contributed by atoms with Crippen molar-refractivity contribution in [2.45, 2.75) is 38.6 Å². The van der Waals surface area contributed by atoms with Crippen LogP contribution in [0, 0.1) is 6.92 Å². The lowest BCUT2D eigenvalue weighted by molar-refractivity contribution is 0.297. The quantitative estimate of drug-likeness (QED) is 0.834. The van der Waals surface area contributed by atoms with Gasteiger partial charge in [-0.25, -0.2) is 4.98 Å². The van der Waals surface area contributed by atoms with E-state index in [9.17, 15) is 5.11 Å². The molecule has 1 aromatic heterocycles. The number of aryl methyl sites for hydroxylation is 1. The summed E-state index contributed by atoms with van der Waals surface area (Å²) in [6.45, 7) is 2.75. The molecule has 1 aliphatic rings. The van der Waals surface area contributed by atoms with Crippen LogP contribution in [-0.2, 0) is 0 Å². The number of nitrogens with two attached hydrogens (primary N) is 1. The highest BCUT2D eigenvalue weighted by Gasteiger charge is 2.24. The Balaban J connectivity index is 2.24. The van der Waals surface area contributed by atoms with Crippen LogP contribution in [0.5, 0.6) is 0 Å². The van der Waals surface area contributed by atoms with Crippen LogP contribution < -0.4 is 10.6 Å². The summed E-state index contributed by atoms with van der Waals surface area (Å²) in [5, 5.41) is 9.19. The van der Waals surface area contributed by atoms with Gasteiger partial charge in [0.2, 0.25) is 0 Å². The maximum absolute atomic E-state index is 9.19. The van der Waals surface area contributed by atoms with E-state index in [1.165, 1.54) is 25.7 Å². The van der Waals surface area contributed by atoms with E-state index in [2.05, 4.69) is 9.88 Å². The SMILES string of the molecule is Cc1cnc(N(CCO)C2CCCC2)c(N)c1. The van der Waals surface area contributed by atoms with Crippen molar-refractivity contribution in [3.05, 3.63) is 17.8 Å². The first-order valence-corrected chi connectivity index (χ1v) is 6.32. The van der Waals surface area contributed by atoms with E-state index in [1.807, 2.05) is 19.2 Å². The van der Waals surface area contributed by atoms with Crippen molar-refractivity contribution < 1.29 is 5.11 Å². The van der Waals surface area contributed by atoms with Gasteiger partial charge < -0.3 is 15.7 Å². The molecule has 1 saturated carbocycles. The van der Waals surface area contributed by atoms with Gasteiger partial charge in [0, 0.05) is 18.8 Å². The smallest absolute Gasteiger partial charge is 0.152 e. The monoisotopic (exact) mass is 235 g/mol. The van der Waals surface area contributed by atoms with Gasteiger partial charge in [-0.1, -0.05) is 12.8 Å². The maximum Gasteiger partial charge on any atom is 0.152 e. The number of hydrogen-bond donors (Lipinski definition) is 2. The molecule has 2 rings (SSSR count). The van der Waals surface area contributed by atoms with Gasteiger partial charge in [-0.3, -0.25) is 0 Å². The van der Waals surface area contributed by atoms with Gasteiger partial charge in [0.05, 0.1) is 12.3 Å². The Morgan fingerprint density at radius 3 is 2.76 bits per heavy atom. The van der Waals surface area contributed by atoms with E-state index in [-0.39, 0.29) is 6.61 Å². The summed E-state index contributed by atoms with van der Waals surface area (Å²) in [6.07, 6.45) is 6.71. The molecule has 0 spiro atoms. The van der Waals surface area contributed by atoms with Gasteiger partial charge in [-0.2, -0.15) is 0 Å². The predicted molar refractivity (Wildman–Crippen MR) is 70.1 cm³/mol. The lowest BCUT2D eigenvalue weighted by atomic mass is 10.2. The highest BCUT2D eigenvalue weighted by atomic mass is 16.3. The number of hydrogen-bond acceptors (Lipinski definition) is 4. The van der Waals surface area contributed by atoms with Gasteiger partial charge >= 0.3 is 0 Å². The van der Waals surface area contributed by atoms with E-state index < -0.39 is 0 Å². The molecule has 1 fully saturated rings. The molecule has 4 nitrogen and oxygen atoms in total. The first kappa shape index (κ1) is 12.2. The number of anilines is 2. The molecule has 0 atom stereocenters. The minimum atomic E-state index is 0.144. The number of nitrogen functional groups attached to an aromatic ring is 1. The van der Waals surface area contributed by atoms with Gasteiger partial charge in [0.1, 0.15) is 0 Å². The zero-order valence-electron chi connectivity index (χ0n) is 10.4. The van der Waals surface area contributed by atoms with E-state index in [4.69, 9.17) is 5.73 Å². The largest absolute Gasteiger partial charge is 0.396 e. The Morgan fingerprint density at radius 1 is 1.47 bits per heavy atom. The molecule has 0 amide bonds. The molecule has 4 heteroatoms. The molecular weight excluding hydrogens is 214 g/mol. The number of aromatic nitrogens is 1. The zero-order chi connectivity index (χ0) is 12.3. The normalized spacial score (nSPS) is 16.4. The molecule has 0 bridgehead atoms. The van der Waals surface area contributed by atoms with Crippen LogP contribution in [0.4, 0.5) is 11.5 Å². The van der Waals surface area contributed by atoms with Gasteiger partial charge in [-0.05, 0) is 31.4 Å². The van der Waals surface area contributed by atoms with Crippen molar-refractivity contribution in [3.63, 3.8) is 0 Å². The predicted octanol–water partition coefficient (Wildman–Crippen LogP) is 1.71. The van der Waals surface area contributed by atoms with Crippen LogP contribution in [0.3, 0.4) is 0 Å². The maximum atomic E-state index is 9.19. The van der Waals surface area contributed by atoms with Gasteiger partial charge in [0.15, 0.2) is 5.82 Å². The topological polar surface area (TPSA) is 62.4 Å². The Bertz CT molecular complexity index is 375. The van der Waals surface area contributed by atoms with Crippen molar-refractivity contribution in [2.24, 2.45) is 0 Å². The molecule has 0 aromatic carbocycles. The third-order valence-electron chi connectivity index (χ3n) is 3.41. The fourth-order valence-electron chi connectivity index (χ4n) is 2.61. The molecule has 17 heavy (non-hydrogen) atoms. The second-order valence-corrected chi connectivity index (χ2v) is 4.78. The second-order valence-electron chi connectivity index (χ2n) is 4.78. The number of aliphatic hydroxyl groups is 1. The average Bonchev–Trinajstić information content (AvgIpc) is 2.80. The summed E-state index contributed by atoms with van der Waals surface area (Å²) in [6, 6.07) is 2.43. The van der Waals surface area contributed by atoms with Crippen molar-refractivity contribution >= 4 is 11.5 Å². The first-order valence-electron chi connectivity index (χ1n) is 6.32. The minimum absolute atomic E-state index is 0.144. The van der Waals surface area contributed by atoms with Crippen LogP contribution in [-0.4, -0.2) is 29.3 Å². The van der Waals surface area contributed by atoms with E-state index in [1.54, 1.807) is 0 Å². The molecule has 3 N–H and O–H groups in total. The standard InChI is InChI=1S/C13H21N3O/c1-10-8-12(14)13(15-9-10)16(6-7-17)11-4-2-3-5-11/h8-9,11,17H,2-7,14H2,1H3. The van der Waals surface area contributed by atoms with Crippen LogP contribution >= 0.6 is 0 Å². The fraction of sp³-hybridized carbons (Fsp3) is 0.615. The lowest BCUT2D eigenvalue weighted by Crippen LogP contribution is -2.36. The van der Waals surface area contributed by atoms with E-state index in [0.717, 1.165) is 11.4 Å². The summed E-state index contributed by atoms with van der Waals surface area (Å²) in [5.74, 6) is 0.830. The summed E-state index contributed by atoms with van der Waals surface area (Å²) >= 11 is 0. The average molecular weight is 235 g/mol. The van der Waals surface area contributed by atoms with Crippen LogP contribution in [0.1, 0.15) is 31.2 Å². The highest BCUT2D eigenvalue weighted by molar-refractivity contribution is 5.63. The fourth-order valence-corrected chi connectivity index (χ4v) is 2.61. The van der Waals surface area contributed by atoms with Gasteiger partial charge in [0.25, 0.3) is 0 Å². The molecule has 0 radical (unpaired) electrons. The van der Waals surface area contributed by atoms with Crippen molar-refractivity contribution in [3.8, 4) is 0 Å². The van der Waals surface area contributed by atoms with Crippen LogP contribution in [0.2, 0.25) is 0 Å². The Hall–Kier alpha value is -1.29. The van der Waals surface area contributed by atoms with Crippen molar-refractivity contribution in [2.75, 3.05) is 23.8 Å². The van der Waals surface area contributed by atoms with Crippen molar-refractivity contribution in [1.82, 2.24) is 4.98 Å². The van der Waals surface area contributed by atoms with Crippen LogP contribution in [0.15, 0.2) is 12.3 Å². The second kappa shape index (κ2) is 5.36. The molecule has 94 valence electrons. The third-order valence-corrected chi connectivity index (χ3v) is 3.41. The first-order chi connectivity index (χ1) is 8.22. The molecule has 1 aliphatic carbocycles. The number of aliphatic hydroxyl groups excluding tert-OH is 1. The minimum Gasteiger partial charge on any atom is -0.396 e. The van der Waals surface area contributed by atoms with Crippen molar-refractivity contribution in [1.29, 1.82) is 0 Å². The number of pyridine rings is 1. The Labute approximate surface area is 102 Å². The highest BCUT2D eigenvalue weighted by Crippen LogP contribution is 2.30. The lowest BCUT2D eigenvalue weighted by Gasteiger charge is -2.30. The molecule has 0 saturated heterocycles. The number of rotatable bonds is 4. The molecule has 1 aromatic rings. The third kappa shape index (κ3) is 2.69. The summed E-state index contributed by atoms with van der Waals surface area (Å²) in [5.41, 5.74) is 7.82. The molecular formula is C13H21N3O. The van der Waals surface area contributed by atoms with E-state index >= 15 is 0 Å². The molecule has 0 aliphatic heterocycles. The Morgan fingerprint density at radius 2 is 2.18 bits per heavy atom. The molecule has 0 unspecified atom stereocenters. The van der Waals surface area contributed by atoms with Gasteiger partial charge in [-0.15, -0.1) is 0 Å².